The number of rotatable bonds is 4. The van der Waals surface area contributed by atoms with E-state index in [0.29, 0.717) is 26.9 Å². The fraction of sp³-hybridized carbons (Fsp3) is 0. The Balaban J connectivity index is 1.39. The monoisotopic (exact) mass is 432 g/mol. The molecule has 0 aliphatic heterocycles. The number of nitrogens with one attached hydrogen (secondary N) is 1. The van der Waals surface area contributed by atoms with Crippen LogP contribution in [0.3, 0.4) is 0 Å². The van der Waals surface area contributed by atoms with Crippen molar-refractivity contribution < 1.29 is 4.79 Å². The van der Waals surface area contributed by atoms with Crippen LogP contribution in [-0.2, 0) is 0 Å². The summed E-state index contributed by atoms with van der Waals surface area (Å²) in [6, 6.07) is 22.1. The number of amides is 1. The Morgan fingerprint density at radius 1 is 0.967 bits per heavy atom. The number of carbonyl (C=O) groups is 1. The summed E-state index contributed by atoms with van der Waals surface area (Å²) < 4.78 is 1.68. The lowest BCUT2D eigenvalue weighted by Crippen LogP contribution is -2.12. The molecule has 0 fully saturated rings. The van der Waals surface area contributed by atoms with E-state index >= 15 is 0 Å². The molecule has 146 valence electrons. The van der Waals surface area contributed by atoms with Gasteiger partial charge in [-0.05, 0) is 59.0 Å². The summed E-state index contributed by atoms with van der Waals surface area (Å²) in [5.41, 5.74) is 3.35. The molecule has 1 N–H and O–H groups in total. The molecule has 7 nitrogen and oxygen atoms in total. The van der Waals surface area contributed by atoms with Crippen LogP contribution < -0.4 is 5.32 Å². The molecule has 1 amide bonds. The Bertz CT molecular complexity index is 1390. The third kappa shape index (κ3) is 3.47. The molecule has 0 spiro atoms. The van der Waals surface area contributed by atoms with E-state index in [9.17, 15) is 4.79 Å². The number of fused-ring (bicyclic) bond motifs is 3. The molecular formula is C21H13ClN6OS. The summed E-state index contributed by atoms with van der Waals surface area (Å²) in [7, 11) is 0. The van der Waals surface area contributed by atoms with Gasteiger partial charge in [0.05, 0.1) is 21.6 Å². The third-order valence-corrected chi connectivity index (χ3v) is 5.74. The quantitative estimate of drug-likeness (QED) is 0.442. The van der Waals surface area contributed by atoms with E-state index in [1.165, 1.54) is 11.8 Å². The van der Waals surface area contributed by atoms with Crippen molar-refractivity contribution in [2.75, 3.05) is 5.32 Å². The molecule has 0 aliphatic rings. The number of carbonyl (C=O) groups excluding carboxylic acids is 1. The Labute approximate surface area is 180 Å². The van der Waals surface area contributed by atoms with Gasteiger partial charge in [0, 0.05) is 10.6 Å². The molecule has 0 unspecified atom stereocenters. The van der Waals surface area contributed by atoms with Crippen molar-refractivity contribution in [2.24, 2.45) is 0 Å². The second-order valence-electron chi connectivity index (χ2n) is 6.38. The maximum Gasteiger partial charge on any atom is 0.257 e. The fourth-order valence-corrected chi connectivity index (χ4v) is 4.09. The van der Waals surface area contributed by atoms with Gasteiger partial charge in [-0.15, -0.1) is 5.10 Å². The van der Waals surface area contributed by atoms with E-state index < -0.39 is 0 Å². The van der Waals surface area contributed by atoms with E-state index in [4.69, 9.17) is 16.6 Å². The highest BCUT2D eigenvalue weighted by Gasteiger charge is 2.13. The van der Waals surface area contributed by atoms with Gasteiger partial charge in [-0.3, -0.25) is 4.79 Å². The zero-order chi connectivity index (χ0) is 20.5. The molecule has 0 aliphatic carbocycles. The highest BCUT2D eigenvalue weighted by atomic mass is 35.5. The summed E-state index contributed by atoms with van der Waals surface area (Å²) in [4.78, 5) is 18.1. The van der Waals surface area contributed by atoms with Gasteiger partial charge in [-0.2, -0.15) is 4.52 Å². The first-order chi connectivity index (χ1) is 14.7. The number of para-hydroxylation sites is 2. The van der Waals surface area contributed by atoms with Gasteiger partial charge in [0.2, 0.25) is 5.65 Å². The summed E-state index contributed by atoms with van der Waals surface area (Å²) in [6.45, 7) is 0. The highest BCUT2D eigenvalue weighted by Crippen LogP contribution is 2.31. The lowest BCUT2D eigenvalue weighted by atomic mass is 10.2. The number of halogens is 1. The zero-order valence-corrected chi connectivity index (χ0v) is 16.9. The van der Waals surface area contributed by atoms with Crippen LogP contribution in [0, 0.1) is 0 Å². The normalized spacial score (nSPS) is 11.1. The summed E-state index contributed by atoms with van der Waals surface area (Å²) in [5.74, 6) is -0.256. The number of aromatic nitrogens is 5. The standard InChI is InChI=1S/C21H13ClN6OS/c22-16-6-2-1-5-15(16)20(29)23-13-9-11-14(12-10-13)30-21-19-25-26-27-28(19)18-8-4-3-7-17(18)24-21/h1-12H,(H,23,29). The van der Waals surface area contributed by atoms with E-state index in [2.05, 4.69) is 20.8 Å². The minimum absolute atomic E-state index is 0.256. The average Bonchev–Trinajstić information content (AvgIpc) is 3.26. The zero-order valence-electron chi connectivity index (χ0n) is 15.4. The summed E-state index contributed by atoms with van der Waals surface area (Å²) in [5, 5.41) is 15.9. The summed E-state index contributed by atoms with van der Waals surface area (Å²) in [6.07, 6.45) is 0. The first-order valence-corrected chi connectivity index (χ1v) is 10.2. The van der Waals surface area contributed by atoms with E-state index in [1.54, 1.807) is 28.8 Å². The van der Waals surface area contributed by atoms with Crippen LogP contribution in [0.2, 0.25) is 5.02 Å². The molecule has 0 radical (unpaired) electrons. The topological polar surface area (TPSA) is 85.1 Å². The molecule has 2 aromatic heterocycles. The van der Waals surface area contributed by atoms with Gasteiger partial charge in [-0.1, -0.05) is 47.6 Å². The Morgan fingerprint density at radius 3 is 2.57 bits per heavy atom. The number of hydrogen-bond donors (Lipinski definition) is 1. The molecule has 5 aromatic rings. The first-order valence-electron chi connectivity index (χ1n) is 9.00. The van der Waals surface area contributed by atoms with Crippen molar-refractivity contribution in [3.05, 3.63) is 83.4 Å². The summed E-state index contributed by atoms with van der Waals surface area (Å²) >= 11 is 7.55. The molecule has 0 atom stereocenters. The molecule has 2 heterocycles. The van der Waals surface area contributed by atoms with Crippen LogP contribution in [0.15, 0.2) is 82.7 Å². The molecule has 3 aromatic carbocycles. The van der Waals surface area contributed by atoms with Gasteiger partial charge in [0.25, 0.3) is 5.91 Å². The molecular weight excluding hydrogens is 420 g/mol. The minimum Gasteiger partial charge on any atom is -0.322 e. The number of hydrogen-bond acceptors (Lipinski definition) is 6. The van der Waals surface area contributed by atoms with Crippen LogP contribution >= 0.6 is 23.4 Å². The highest BCUT2D eigenvalue weighted by molar-refractivity contribution is 7.99. The molecule has 0 bridgehead atoms. The lowest BCUT2D eigenvalue weighted by molar-refractivity contribution is 0.102. The van der Waals surface area contributed by atoms with Gasteiger partial charge in [0.1, 0.15) is 5.03 Å². The van der Waals surface area contributed by atoms with Crippen molar-refractivity contribution in [1.82, 2.24) is 25.0 Å². The number of nitrogens with zero attached hydrogens (tertiary/aromatic N) is 5. The third-order valence-electron chi connectivity index (χ3n) is 4.44. The van der Waals surface area contributed by atoms with Gasteiger partial charge < -0.3 is 5.32 Å². The van der Waals surface area contributed by atoms with Crippen molar-refractivity contribution in [1.29, 1.82) is 0 Å². The van der Waals surface area contributed by atoms with Crippen LogP contribution in [0.5, 0.6) is 0 Å². The maximum absolute atomic E-state index is 12.4. The van der Waals surface area contributed by atoms with Crippen LogP contribution in [0.25, 0.3) is 16.7 Å². The molecule has 0 saturated carbocycles. The van der Waals surface area contributed by atoms with E-state index in [1.807, 2.05) is 48.5 Å². The number of anilines is 1. The second-order valence-corrected chi connectivity index (χ2v) is 7.85. The van der Waals surface area contributed by atoms with Crippen molar-refractivity contribution in [2.45, 2.75) is 9.92 Å². The predicted octanol–water partition coefficient (Wildman–Crippen LogP) is 4.73. The average molecular weight is 433 g/mol. The van der Waals surface area contributed by atoms with E-state index in [-0.39, 0.29) is 5.91 Å². The van der Waals surface area contributed by atoms with Gasteiger partial charge in [0.15, 0.2) is 0 Å². The Morgan fingerprint density at radius 2 is 1.73 bits per heavy atom. The maximum atomic E-state index is 12.4. The van der Waals surface area contributed by atoms with Crippen molar-refractivity contribution in [3.63, 3.8) is 0 Å². The van der Waals surface area contributed by atoms with Gasteiger partial charge in [-0.25, -0.2) is 4.98 Å². The second kappa shape index (κ2) is 7.74. The predicted molar refractivity (Wildman–Crippen MR) is 116 cm³/mol. The fourth-order valence-electron chi connectivity index (χ4n) is 3.01. The first kappa shape index (κ1) is 18.5. The molecule has 30 heavy (non-hydrogen) atoms. The van der Waals surface area contributed by atoms with Gasteiger partial charge >= 0.3 is 0 Å². The Kier molecular flexibility index (Phi) is 4.78. The minimum atomic E-state index is -0.256. The molecule has 0 saturated heterocycles. The van der Waals surface area contributed by atoms with Crippen molar-refractivity contribution in [3.8, 4) is 0 Å². The van der Waals surface area contributed by atoms with Crippen LogP contribution in [-0.4, -0.2) is 30.9 Å². The number of tetrazole rings is 1. The SMILES string of the molecule is O=C(Nc1ccc(Sc2nc3ccccc3n3nnnc23)cc1)c1ccccc1Cl. The lowest BCUT2D eigenvalue weighted by Gasteiger charge is -2.08. The van der Waals surface area contributed by atoms with Crippen LogP contribution in [0.4, 0.5) is 5.69 Å². The van der Waals surface area contributed by atoms with Crippen molar-refractivity contribution >= 4 is 51.6 Å². The number of benzene rings is 3. The van der Waals surface area contributed by atoms with Crippen LogP contribution in [0.1, 0.15) is 10.4 Å². The van der Waals surface area contributed by atoms with E-state index in [0.717, 1.165) is 15.9 Å². The molecule has 5 rings (SSSR count). The smallest absolute Gasteiger partial charge is 0.257 e. The molecule has 9 heteroatoms. The largest absolute Gasteiger partial charge is 0.322 e. The Hall–Kier alpha value is -3.49.